The van der Waals surface area contributed by atoms with E-state index < -0.39 is 35.2 Å². The van der Waals surface area contributed by atoms with Gasteiger partial charge in [-0.3, -0.25) is 14.4 Å². The van der Waals surface area contributed by atoms with E-state index in [1.165, 1.54) is 37.1 Å². The summed E-state index contributed by atoms with van der Waals surface area (Å²) in [6.45, 7) is 3.81. The van der Waals surface area contributed by atoms with Gasteiger partial charge >= 0.3 is 12.6 Å². The molecule has 1 aliphatic rings. The molecule has 2 N–H and O–H groups in total. The van der Waals surface area contributed by atoms with Crippen LogP contribution in [0.5, 0.6) is 5.88 Å². The molecule has 3 rings (SSSR count). The van der Waals surface area contributed by atoms with Crippen LogP contribution in [-0.4, -0.2) is 52.5 Å². The Labute approximate surface area is 202 Å². The van der Waals surface area contributed by atoms with Crippen molar-refractivity contribution >= 4 is 23.5 Å². The SMILES string of the molecule is CC(C)c1ccccc1C1(C(=O)Nc2cccnc2OC(F)F)CN(C(=O)CC(C)(C)C(=O)O)C1. The molecule has 10 heteroatoms. The summed E-state index contributed by atoms with van der Waals surface area (Å²) in [6, 6.07) is 10.3. The van der Waals surface area contributed by atoms with Crippen molar-refractivity contribution in [3.8, 4) is 5.88 Å². The van der Waals surface area contributed by atoms with E-state index in [9.17, 15) is 28.3 Å². The van der Waals surface area contributed by atoms with Crippen molar-refractivity contribution < 1.29 is 33.0 Å². The zero-order chi connectivity index (χ0) is 26.0. The third-order valence-electron chi connectivity index (χ3n) is 6.20. The summed E-state index contributed by atoms with van der Waals surface area (Å²) < 4.78 is 30.1. The number of hydrogen-bond acceptors (Lipinski definition) is 5. The highest BCUT2D eigenvalue weighted by Crippen LogP contribution is 2.41. The van der Waals surface area contributed by atoms with Crippen LogP contribution in [0.2, 0.25) is 0 Å². The number of anilines is 1. The van der Waals surface area contributed by atoms with Gasteiger partial charge in [-0.1, -0.05) is 38.1 Å². The van der Waals surface area contributed by atoms with Crippen LogP contribution < -0.4 is 10.1 Å². The second-order valence-corrected chi connectivity index (χ2v) is 9.63. The molecule has 0 radical (unpaired) electrons. The van der Waals surface area contributed by atoms with Gasteiger partial charge in [0.05, 0.1) is 5.41 Å². The first kappa shape index (κ1) is 26.1. The predicted octanol–water partition coefficient (Wildman–Crippen LogP) is 4.03. The zero-order valence-corrected chi connectivity index (χ0v) is 20.0. The molecule has 1 aromatic heterocycles. The summed E-state index contributed by atoms with van der Waals surface area (Å²) in [5.74, 6) is -2.32. The number of amides is 2. The Morgan fingerprint density at radius 1 is 1.17 bits per heavy atom. The fraction of sp³-hybridized carbons (Fsp3) is 0.440. The number of benzene rings is 1. The molecule has 188 valence electrons. The number of aromatic nitrogens is 1. The number of likely N-dealkylation sites (tertiary alicyclic amines) is 1. The number of nitrogens with zero attached hydrogens (tertiary/aromatic N) is 2. The van der Waals surface area contributed by atoms with Gasteiger partial charge in [-0.15, -0.1) is 0 Å². The summed E-state index contributed by atoms with van der Waals surface area (Å²) in [5, 5.41) is 12.0. The number of carboxylic acid groups (broad SMARTS) is 1. The molecule has 2 amide bonds. The van der Waals surface area contributed by atoms with Crippen molar-refractivity contribution in [2.24, 2.45) is 5.41 Å². The van der Waals surface area contributed by atoms with Crippen molar-refractivity contribution in [1.29, 1.82) is 0 Å². The number of pyridine rings is 1. The minimum absolute atomic E-state index is 0.0163. The lowest BCUT2D eigenvalue weighted by Crippen LogP contribution is -2.67. The molecule has 0 bridgehead atoms. The molecule has 0 saturated carbocycles. The number of ether oxygens (including phenoxy) is 1. The molecule has 0 aliphatic carbocycles. The highest BCUT2D eigenvalue weighted by Gasteiger charge is 2.54. The summed E-state index contributed by atoms with van der Waals surface area (Å²) in [4.78, 5) is 43.2. The average molecular weight is 490 g/mol. The smallest absolute Gasteiger partial charge is 0.388 e. The maximum atomic E-state index is 13.7. The van der Waals surface area contributed by atoms with Crippen molar-refractivity contribution in [2.45, 2.75) is 52.1 Å². The standard InChI is InChI=1S/C25H29F2N3O5/c1-15(2)16-8-5-6-9-17(16)25(13-30(14-25)19(31)12-24(3,4)22(33)34)21(32)29-18-10-7-11-28-20(18)35-23(26)27/h5-11,15,23H,12-14H2,1-4H3,(H,29,32)(H,33,34). The minimum atomic E-state index is -3.12. The van der Waals surface area contributed by atoms with E-state index in [4.69, 9.17) is 0 Å². The monoisotopic (exact) mass is 489 g/mol. The first-order chi connectivity index (χ1) is 16.4. The molecule has 1 aromatic carbocycles. The molecule has 0 unspecified atom stereocenters. The number of alkyl halides is 2. The summed E-state index contributed by atoms with van der Waals surface area (Å²) >= 11 is 0. The van der Waals surface area contributed by atoms with Crippen LogP contribution in [0.15, 0.2) is 42.6 Å². The van der Waals surface area contributed by atoms with Crippen molar-refractivity contribution in [3.63, 3.8) is 0 Å². The number of carboxylic acids is 1. The van der Waals surface area contributed by atoms with Crippen LogP contribution in [0.4, 0.5) is 14.5 Å². The Kier molecular flexibility index (Phi) is 7.42. The van der Waals surface area contributed by atoms with E-state index in [1.807, 2.05) is 32.0 Å². The highest BCUT2D eigenvalue weighted by molar-refractivity contribution is 6.02. The lowest BCUT2D eigenvalue weighted by atomic mass is 9.69. The van der Waals surface area contributed by atoms with Gasteiger partial charge in [0, 0.05) is 25.7 Å². The molecule has 35 heavy (non-hydrogen) atoms. The van der Waals surface area contributed by atoms with Gasteiger partial charge in [0.15, 0.2) is 0 Å². The Balaban J connectivity index is 1.94. The van der Waals surface area contributed by atoms with Gasteiger partial charge in [-0.05, 0) is 43.0 Å². The van der Waals surface area contributed by atoms with E-state index >= 15 is 0 Å². The fourth-order valence-electron chi connectivity index (χ4n) is 4.13. The Hall–Kier alpha value is -3.56. The van der Waals surface area contributed by atoms with Gasteiger partial charge in [0.25, 0.3) is 0 Å². The minimum Gasteiger partial charge on any atom is -0.481 e. The van der Waals surface area contributed by atoms with E-state index in [0.717, 1.165) is 5.56 Å². The van der Waals surface area contributed by atoms with Crippen LogP contribution in [0.1, 0.15) is 51.2 Å². The number of carbonyl (C=O) groups is 3. The van der Waals surface area contributed by atoms with E-state index in [2.05, 4.69) is 15.0 Å². The van der Waals surface area contributed by atoms with Crippen LogP contribution in [-0.2, 0) is 19.8 Å². The number of aliphatic carboxylic acids is 1. The number of carbonyl (C=O) groups excluding carboxylic acids is 2. The Bertz CT molecular complexity index is 1110. The number of rotatable bonds is 9. The van der Waals surface area contributed by atoms with Gasteiger partial charge in [-0.25, -0.2) is 4.98 Å². The quantitative estimate of drug-likeness (QED) is 0.551. The normalized spacial score (nSPS) is 15.0. The highest BCUT2D eigenvalue weighted by atomic mass is 19.3. The van der Waals surface area contributed by atoms with E-state index in [-0.39, 0.29) is 37.0 Å². The largest absolute Gasteiger partial charge is 0.481 e. The Morgan fingerprint density at radius 2 is 1.83 bits per heavy atom. The molecular weight excluding hydrogens is 460 g/mol. The van der Waals surface area contributed by atoms with Gasteiger partial charge in [0.2, 0.25) is 17.7 Å². The van der Waals surface area contributed by atoms with Gasteiger partial charge in [-0.2, -0.15) is 8.78 Å². The lowest BCUT2D eigenvalue weighted by molar-refractivity contribution is -0.155. The summed E-state index contributed by atoms with van der Waals surface area (Å²) in [5.41, 5.74) is -0.812. The van der Waals surface area contributed by atoms with Crippen LogP contribution in [0.3, 0.4) is 0 Å². The zero-order valence-electron chi connectivity index (χ0n) is 20.0. The second kappa shape index (κ2) is 9.97. The maximum absolute atomic E-state index is 13.7. The van der Waals surface area contributed by atoms with E-state index in [1.54, 1.807) is 6.07 Å². The van der Waals surface area contributed by atoms with Crippen molar-refractivity contribution in [1.82, 2.24) is 9.88 Å². The average Bonchev–Trinajstić information content (AvgIpc) is 2.74. The topological polar surface area (TPSA) is 109 Å². The molecule has 1 aliphatic heterocycles. The van der Waals surface area contributed by atoms with Crippen molar-refractivity contribution in [3.05, 3.63) is 53.7 Å². The second-order valence-electron chi connectivity index (χ2n) is 9.63. The van der Waals surface area contributed by atoms with Crippen molar-refractivity contribution in [2.75, 3.05) is 18.4 Å². The number of hydrogen-bond donors (Lipinski definition) is 2. The predicted molar refractivity (Wildman–Crippen MR) is 124 cm³/mol. The van der Waals surface area contributed by atoms with Crippen LogP contribution in [0, 0.1) is 5.41 Å². The fourth-order valence-corrected chi connectivity index (χ4v) is 4.13. The molecule has 8 nitrogen and oxygen atoms in total. The van der Waals surface area contributed by atoms with Gasteiger partial charge in [0.1, 0.15) is 11.1 Å². The first-order valence-corrected chi connectivity index (χ1v) is 11.2. The van der Waals surface area contributed by atoms with Crippen LogP contribution >= 0.6 is 0 Å². The lowest BCUT2D eigenvalue weighted by Gasteiger charge is -2.50. The third kappa shape index (κ3) is 5.41. The molecule has 2 aromatic rings. The summed E-state index contributed by atoms with van der Waals surface area (Å²) in [6.07, 6.45) is 1.05. The number of halogens is 2. The molecule has 0 spiro atoms. The number of nitrogens with one attached hydrogen (secondary N) is 1. The van der Waals surface area contributed by atoms with E-state index in [0.29, 0.717) is 5.56 Å². The third-order valence-corrected chi connectivity index (χ3v) is 6.20. The van der Waals surface area contributed by atoms with Gasteiger partial charge < -0.3 is 20.1 Å². The molecule has 1 saturated heterocycles. The molecule has 1 fully saturated rings. The van der Waals surface area contributed by atoms with Crippen LogP contribution in [0.25, 0.3) is 0 Å². The molecular formula is C25H29F2N3O5. The maximum Gasteiger partial charge on any atom is 0.388 e. The first-order valence-electron chi connectivity index (χ1n) is 11.2. The molecule has 0 atom stereocenters. The summed E-state index contributed by atoms with van der Waals surface area (Å²) in [7, 11) is 0. The Morgan fingerprint density at radius 3 is 2.43 bits per heavy atom. The molecule has 2 heterocycles.